The van der Waals surface area contributed by atoms with Crippen LogP contribution in [0.4, 0.5) is 5.69 Å². The number of carbonyl (C=O) groups excluding carboxylic acids is 2. The van der Waals surface area contributed by atoms with Gasteiger partial charge in [0.25, 0.3) is 11.2 Å². The molecule has 0 saturated heterocycles. The first-order chi connectivity index (χ1) is 8.25. The summed E-state index contributed by atoms with van der Waals surface area (Å²) in [6.07, 6.45) is 0.919. The summed E-state index contributed by atoms with van der Waals surface area (Å²) in [6.45, 7) is 3.71. The van der Waals surface area contributed by atoms with Crippen molar-refractivity contribution in [2.75, 3.05) is 0 Å². The number of hydrogen-bond donors (Lipinski definition) is 0. The minimum Gasteiger partial charge on any atom is -0.297 e. The van der Waals surface area contributed by atoms with Gasteiger partial charge in [0.05, 0.1) is 11.1 Å². The molecule has 0 aromatic carbocycles. The number of Topliss-reactive ketones (excluding diaryl/α,β-unsaturated/α-hetero) is 2. The van der Waals surface area contributed by atoms with Gasteiger partial charge in [-0.15, -0.1) is 0 Å². The lowest BCUT2D eigenvalue weighted by Gasteiger charge is -2.14. The first kappa shape index (κ1) is 13.8. The maximum atomic E-state index is 11.8. The Bertz CT molecular complexity index is 574. The smallest absolute Gasteiger partial charge is 0.286 e. The van der Waals surface area contributed by atoms with Gasteiger partial charge in [0, 0.05) is 11.6 Å². The van der Waals surface area contributed by atoms with Crippen LogP contribution >= 0.6 is 0 Å². The number of nitro groups is 1. The third-order valence-corrected chi connectivity index (χ3v) is 2.47. The van der Waals surface area contributed by atoms with Crippen LogP contribution in [0.1, 0.15) is 25.5 Å². The maximum absolute atomic E-state index is 11.8. The van der Waals surface area contributed by atoms with Crippen molar-refractivity contribution in [2.45, 2.75) is 26.8 Å². The molecule has 0 atom stereocenters. The molecular formula is C11H12N2O5. The molecule has 96 valence electrons. The fourth-order valence-electron chi connectivity index (χ4n) is 1.70. The normalized spacial score (nSPS) is 10.4. The van der Waals surface area contributed by atoms with Crippen LogP contribution in [-0.2, 0) is 9.59 Å². The van der Waals surface area contributed by atoms with Crippen LogP contribution in [0, 0.1) is 17.0 Å². The molecule has 1 rings (SSSR count). The molecule has 0 N–H and O–H groups in total. The summed E-state index contributed by atoms with van der Waals surface area (Å²) >= 11 is 0. The van der Waals surface area contributed by atoms with Crippen LogP contribution in [0.25, 0.3) is 0 Å². The van der Waals surface area contributed by atoms with Gasteiger partial charge < -0.3 is 0 Å². The highest BCUT2D eigenvalue weighted by Crippen LogP contribution is 2.14. The largest absolute Gasteiger partial charge is 0.297 e. The number of carbonyl (C=O) groups is 2. The van der Waals surface area contributed by atoms with Gasteiger partial charge in [0.2, 0.25) is 0 Å². The van der Waals surface area contributed by atoms with Gasteiger partial charge in [0.15, 0.2) is 17.6 Å². The molecule has 1 heterocycles. The Balaban J connectivity index is 3.56. The molecule has 1 aromatic rings. The Labute approximate surface area is 102 Å². The molecular weight excluding hydrogens is 240 g/mol. The van der Waals surface area contributed by atoms with Crippen molar-refractivity contribution in [3.63, 3.8) is 0 Å². The highest BCUT2D eigenvalue weighted by Gasteiger charge is 2.25. The summed E-state index contributed by atoms with van der Waals surface area (Å²) < 4.78 is 0.818. The highest BCUT2D eigenvalue weighted by molar-refractivity contribution is 6.02. The van der Waals surface area contributed by atoms with Crippen molar-refractivity contribution < 1.29 is 14.5 Å². The molecule has 7 nitrogen and oxygen atoms in total. The number of hydrogen-bond acceptors (Lipinski definition) is 5. The number of ketones is 2. The Kier molecular flexibility index (Phi) is 3.75. The molecule has 0 aliphatic carbocycles. The summed E-state index contributed by atoms with van der Waals surface area (Å²) in [7, 11) is 0. The number of rotatable bonds is 4. The Hall–Kier alpha value is -2.31. The minimum absolute atomic E-state index is 0.108. The van der Waals surface area contributed by atoms with Crippen molar-refractivity contribution in [1.82, 2.24) is 4.57 Å². The second kappa shape index (κ2) is 4.91. The summed E-state index contributed by atoms with van der Waals surface area (Å²) in [6, 6.07) is -0.202. The lowest BCUT2D eigenvalue weighted by molar-refractivity contribution is -0.385. The molecule has 1 aromatic heterocycles. The molecule has 0 fully saturated rings. The van der Waals surface area contributed by atoms with Gasteiger partial charge in [-0.05, 0) is 20.8 Å². The predicted molar refractivity (Wildman–Crippen MR) is 62.5 cm³/mol. The second-order valence-electron chi connectivity index (χ2n) is 3.97. The van der Waals surface area contributed by atoms with E-state index >= 15 is 0 Å². The fraction of sp³-hybridized carbons (Fsp3) is 0.364. The summed E-state index contributed by atoms with van der Waals surface area (Å²) in [5.74, 6) is -1.08. The third-order valence-electron chi connectivity index (χ3n) is 2.47. The van der Waals surface area contributed by atoms with E-state index < -0.39 is 28.1 Å². The average molecular weight is 252 g/mol. The van der Waals surface area contributed by atoms with Gasteiger partial charge >= 0.3 is 0 Å². The molecule has 0 spiro atoms. The maximum Gasteiger partial charge on any atom is 0.286 e. The third kappa shape index (κ3) is 2.50. The number of aryl methyl sites for hydroxylation is 1. The number of aromatic nitrogens is 1. The lowest BCUT2D eigenvalue weighted by atomic mass is 10.1. The van der Waals surface area contributed by atoms with E-state index in [9.17, 15) is 24.5 Å². The van der Waals surface area contributed by atoms with E-state index in [1.54, 1.807) is 0 Å². The van der Waals surface area contributed by atoms with E-state index in [4.69, 9.17) is 0 Å². The van der Waals surface area contributed by atoms with Crippen LogP contribution in [0.15, 0.2) is 17.1 Å². The average Bonchev–Trinajstić information content (AvgIpc) is 2.22. The van der Waals surface area contributed by atoms with Crippen LogP contribution in [0.2, 0.25) is 0 Å². The highest BCUT2D eigenvalue weighted by atomic mass is 16.6. The van der Waals surface area contributed by atoms with Crippen molar-refractivity contribution in [1.29, 1.82) is 0 Å². The Morgan fingerprint density at radius 2 is 1.83 bits per heavy atom. The molecule has 0 aliphatic rings. The summed E-state index contributed by atoms with van der Waals surface area (Å²) in [5, 5.41) is 10.7. The van der Waals surface area contributed by atoms with Crippen molar-refractivity contribution in [3.05, 3.63) is 38.3 Å². The number of pyridine rings is 1. The summed E-state index contributed by atoms with van der Waals surface area (Å²) in [5.41, 5.74) is -0.813. The van der Waals surface area contributed by atoms with Gasteiger partial charge in [-0.1, -0.05) is 0 Å². The zero-order valence-corrected chi connectivity index (χ0v) is 10.2. The van der Waals surface area contributed by atoms with Gasteiger partial charge in [-0.25, -0.2) is 0 Å². The van der Waals surface area contributed by atoms with Gasteiger partial charge in [0.1, 0.15) is 0 Å². The molecule has 0 amide bonds. The molecule has 7 heteroatoms. The van der Waals surface area contributed by atoms with Gasteiger partial charge in [-0.3, -0.25) is 29.1 Å². The molecule has 0 bridgehead atoms. The molecule has 0 saturated carbocycles. The quantitative estimate of drug-likeness (QED) is 0.448. The van der Waals surface area contributed by atoms with E-state index in [0.717, 1.165) is 30.7 Å². The van der Waals surface area contributed by atoms with E-state index in [2.05, 4.69) is 0 Å². The Morgan fingerprint density at radius 3 is 2.22 bits per heavy atom. The minimum atomic E-state index is -1.31. The van der Waals surface area contributed by atoms with Crippen LogP contribution in [0.5, 0.6) is 0 Å². The predicted octanol–water partition coefficient (Wildman–Crippen LogP) is 0.784. The van der Waals surface area contributed by atoms with Crippen LogP contribution < -0.4 is 5.56 Å². The van der Waals surface area contributed by atoms with Crippen molar-refractivity contribution in [3.8, 4) is 0 Å². The molecule has 0 aliphatic heterocycles. The topological polar surface area (TPSA) is 99.3 Å². The van der Waals surface area contributed by atoms with E-state index in [-0.39, 0.29) is 11.3 Å². The monoisotopic (exact) mass is 252 g/mol. The zero-order valence-electron chi connectivity index (χ0n) is 10.2. The first-order valence-corrected chi connectivity index (χ1v) is 5.13. The molecule has 0 radical (unpaired) electrons. The Morgan fingerprint density at radius 1 is 1.33 bits per heavy atom. The standard InChI is InChI=1S/C11H12N2O5/c1-6-4-9(13(17)18)5-12(11(6)16)10(7(2)14)8(3)15/h4-5,10H,1-3H3. The van der Waals surface area contributed by atoms with Crippen LogP contribution in [0.3, 0.4) is 0 Å². The van der Waals surface area contributed by atoms with E-state index in [0.29, 0.717) is 0 Å². The van der Waals surface area contributed by atoms with Crippen LogP contribution in [-0.4, -0.2) is 21.1 Å². The second-order valence-corrected chi connectivity index (χ2v) is 3.97. The first-order valence-electron chi connectivity index (χ1n) is 5.13. The molecule has 0 unspecified atom stereocenters. The summed E-state index contributed by atoms with van der Waals surface area (Å²) in [4.78, 5) is 44.6. The van der Waals surface area contributed by atoms with E-state index in [1.165, 1.54) is 6.92 Å². The number of nitrogens with zero attached hydrogens (tertiary/aromatic N) is 2. The molecule has 18 heavy (non-hydrogen) atoms. The lowest BCUT2D eigenvalue weighted by Crippen LogP contribution is -2.34. The fourth-order valence-corrected chi connectivity index (χ4v) is 1.70. The van der Waals surface area contributed by atoms with Gasteiger partial charge in [-0.2, -0.15) is 0 Å². The van der Waals surface area contributed by atoms with Crippen molar-refractivity contribution in [2.24, 2.45) is 0 Å². The van der Waals surface area contributed by atoms with E-state index in [1.807, 2.05) is 0 Å². The zero-order chi connectivity index (χ0) is 14.0. The SMILES string of the molecule is CC(=O)C(C(C)=O)n1cc([N+](=O)[O-])cc(C)c1=O. The van der Waals surface area contributed by atoms with Crippen molar-refractivity contribution >= 4 is 17.3 Å².